The Bertz CT molecular complexity index is 1470. The number of nitrogens with one attached hydrogen (secondary N) is 2. The maximum absolute atomic E-state index is 13.3. The van der Waals surface area contributed by atoms with E-state index in [2.05, 4.69) is 20.3 Å². The van der Waals surface area contributed by atoms with Crippen LogP contribution in [-0.4, -0.2) is 54.7 Å². The van der Waals surface area contributed by atoms with Gasteiger partial charge >= 0.3 is 0 Å². The highest BCUT2D eigenvalue weighted by Crippen LogP contribution is 2.23. The van der Waals surface area contributed by atoms with Gasteiger partial charge < -0.3 is 10.7 Å². The van der Waals surface area contributed by atoms with E-state index in [4.69, 9.17) is 5.73 Å². The van der Waals surface area contributed by atoms with Crippen LogP contribution >= 0.6 is 0 Å². The van der Waals surface area contributed by atoms with Crippen LogP contribution in [0.25, 0.3) is 11.0 Å². The van der Waals surface area contributed by atoms with Crippen molar-refractivity contribution in [2.75, 3.05) is 20.1 Å². The Balaban J connectivity index is 1.50. The van der Waals surface area contributed by atoms with Crippen LogP contribution in [0.15, 0.2) is 89.0 Å². The number of likely N-dealkylation sites (N-methyl/N-ethyl adjacent to an activating group) is 1. The van der Waals surface area contributed by atoms with Gasteiger partial charge in [-0.05, 0) is 36.1 Å². The number of rotatable bonds is 9. The Morgan fingerprint density at radius 1 is 1.03 bits per heavy atom. The van der Waals surface area contributed by atoms with E-state index in [1.54, 1.807) is 0 Å². The minimum Gasteiger partial charge on any atom is -0.370 e. The van der Waals surface area contributed by atoms with Crippen molar-refractivity contribution in [3.63, 3.8) is 0 Å². The summed E-state index contributed by atoms with van der Waals surface area (Å²) in [4.78, 5) is 24.3. The van der Waals surface area contributed by atoms with Gasteiger partial charge in [0.15, 0.2) is 5.96 Å². The molecule has 4 rings (SSSR count). The summed E-state index contributed by atoms with van der Waals surface area (Å²) in [6, 6.07) is 22.2. The Hall–Kier alpha value is -4.02. The van der Waals surface area contributed by atoms with Crippen molar-refractivity contribution < 1.29 is 13.2 Å². The van der Waals surface area contributed by atoms with Crippen molar-refractivity contribution in [1.82, 2.24) is 19.6 Å². The van der Waals surface area contributed by atoms with Gasteiger partial charge in [-0.3, -0.25) is 15.1 Å². The van der Waals surface area contributed by atoms with Crippen molar-refractivity contribution in [3.8, 4) is 0 Å². The van der Waals surface area contributed by atoms with Crippen molar-refractivity contribution in [2.45, 2.75) is 17.7 Å². The number of benzene rings is 3. The molecule has 9 nitrogen and oxygen atoms in total. The number of fused-ring (bicyclic) bond motifs is 1. The number of carbonyl (C=O) groups is 1. The minimum atomic E-state index is -3.86. The van der Waals surface area contributed by atoms with Gasteiger partial charge in [0.05, 0.1) is 22.3 Å². The molecule has 1 heterocycles. The predicted molar refractivity (Wildman–Crippen MR) is 140 cm³/mol. The molecule has 0 bridgehead atoms. The first kappa shape index (κ1) is 25.1. The fourth-order valence-electron chi connectivity index (χ4n) is 3.75. The maximum Gasteiger partial charge on any atom is 0.260 e. The molecule has 0 saturated heterocycles. The average Bonchev–Trinajstić information content (AvgIpc) is 3.36. The lowest BCUT2D eigenvalue weighted by atomic mass is 10.1. The number of hydrogen-bond donors (Lipinski definition) is 3. The second kappa shape index (κ2) is 11.1. The SMILES string of the molecule is CN(CCc1ccccc1)S(=O)(=O)c1cc(C(=O)NC(N)=NCCc2ccccc2)c2nc[nH]c2c1. The first-order valence-corrected chi connectivity index (χ1v) is 12.9. The standard InChI is InChI=1S/C26H28N6O3S/c1-32(15-13-20-10-6-3-7-11-20)36(34,35)21-16-22(24-23(17-21)29-18-30-24)25(33)31-26(27)28-14-12-19-8-4-2-5-9-19/h2-11,16-18H,12-15H2,1H3,(H,29,30)(H3,27,28,31,33). The third-order valence-electron chi connectivity index (χ3n) is 5.78. The summed E-state index contributed by atoms with van der Waals surface area (Å²) >= 11 is 0. The number of aromatic amines is 1. The molecule has 0 atom stereocenters. The van der Waals surface area contributed by atoms with E-state index in [0.717, 1.165) is 11.1 Å². The van der Waals surface area contributed by atoms with E-state index in [0.29, 0.717) is 30.4 Å². The first-order valence-electron chi connectivity index (χ1n) is 11.5. The lowest BCUT2D eigenvalue weighted by Crippen LogP contribution is -2.37. The van der Waals surface area contributed by atoms with E-state index < -0.39 is 15.9 Å². The highest BCUT2D eigenvalue weighted by Gasteiger charge is 2.25. The van der Waals surface area contributed by atoms with E-state index in [9.17, 15) is 13.2 Å². The van der Waals surface area contributed by atoms with E-state index in [-0.39, 0.29) is 23.0 Å². The van der Waals surface area contributed by atoms with Gasteiger partial charge in [0, 0.05) is 20.1 Å². The number of nitrogens with zero attached hydrogens (tertiary/aromatic N) is 3. The van der Waals surface area contributed by atoms with Crippen LogP contribution in [0.4, 0.5) is 0 Å². The number of H-pyrrole nitrogens is 1. The number of aliphatic imine (C=N–C) groups is 1. The molecule has 0 fully saturated rings. The van der Waals surface area contributed by atoms with E-state index in [1.165, 1.54) is 29.8 Å². The predicted octanol–water partition coefficient (Wildman–Crippen LogP) is 2.71. The molecule has 0 saturated carbocycles. The zero-order valence-electron chi connectivity index (χ0n) is 19.9. The van der Waals surface area contributed by atoms with Crippen LogP contribution in [0.3, 0.4) is 0 Å². The molecule has 0 aliphatic carbocycles. The molecule has 1 amide bonds. The quantitative estimate of drug-likeness (QED) is 0.238. The number of carbonyl (C=O) groups excluding carboxylic acids is 1. The van der Waals surface area contributed by atoms with Crippen LogP contribution < -0.4 is 11.1 Å². The van der Waals surface area contributed by atoms with Gasteiger partial charge in [-0.15, -0.1) is 0 Å². The van der Waals surface area contributed by atoms with Crippen LogP contribution in [0.2, 0.25) is 0 Å². The molecule has 4 N–H and O–H groups in total. The Labute approximate surface area is 210 Å². The number of nitrogens with two attached hydrogens (primary N) is 1. The average molecular weight is 505 g/mol. The van der Waals surface area contributed by atoms with Crippen molar-refractivity contribution in [1.29, 1.82) is 0 Å². The lowest BCUT2D eigenvalue weighted by molar-refractivity contribution is 0.0978. The molecule has 0 radical (unpaired) electrons. The summed E-state index contributed by atoms with van der Waals surface area (Å²) in [6.07, 6.45) is 2.64. The van der Waals surface area contributed by atoms with Gasteiger partial charge in [0.25, 0.3) is 5.91 Å². The highest BCUT2D eigenvalue weighted by atomic mass is 32.2. The molecule has 10 heteroatoms. The topological polar surface area (TPSA) is 134 Å². The number of sulfonamides is 1. The number of amides is 1. The molecule has 0 spiro atoms. The van der Waals surface area contributed by atoms with Crippen molar-refractivity contribution >= 4 is 32.9 Å². The van der Waals surface area contributed by atoms with Crippen molar-refractivity contribution in [2.24, 2.45) is 10.7 Å². The molecule has 186 valence electrons. The molecule has 1 aromatic heterocycles. The van der Waals surface area contributed by atoms with Crippen LogP contribution in [0.1, 0.15) is 21.5 Å². The molecular weight excluding hydrogens is 476 g/mol. The van der Waals surface area contributed by atoms with Crippen molar-refractivity contribution in [3.05, 3.63) is 95.8 Å². The molecule has 0 unspecified atom stereocenters. The number of aromatic nitrogens is 2. The van der Waals surface area contributed by atoms with Gasteiger partial charge in [0.1, 0.15) is 5.52 Å². The van der Waals surface area contributed by atoms with Gasteiger partial charge in [-0.25, -0.2) is 17.7 Å². The number of imidazole rings is 1. The fraction of sp³-hybridized carbons (Fsp3) is 0.192. The highest BCUT2D eigenvalue weighted by molar-refractivity contribution is 7.89. The van der Waals surface area contributed by atoms with Crippen LogP contribution in [-0.2, 0) is 22.9 Å². The largest absolute Gasteiger partial charge is 0.370 e. The molecule has 36 heavy (non-hydrogen) atoms. The van der Waals surface area contributed by atoms with Gasteiger partial charge in [-0.2, -0.15) is 0 Å². The molecule has 0 aliphatic heterocycles. The first-order chi connectivity index (χ1) is 17.3. The zero-order valence-corrected chi connectivity index (χ0v) is 20.7. The third kappa shape index (κ3) is 5.96. The fourth-order valence-corrected chi connectivity index (χ4v) is 4.98. The summed E-state index contributed by atoms with van der Waals surface area (Å²) in [6.45, 7) is 0.685. The Morgan fingerprint density at radius 3 is 2.33 bits per heavy atom. The number of hydrogen-bond acceptors (Lipinski definition) is 5. The normalized spacial score (nSPS) is 12.2. The maximum atomic E-state index is 13.3. The Morgan fingerprint density at radius 2 is 1.67 bits per heavy atom. The smallest absolute Gasteiger partial charge is 0.260 e. The van der Waals surface area contributed by atoms with Gasteiger partial charge in [0.2, 0.25) is 10.0 Å². The second-order valence-corrected chi connectivity index (χ2v) is 10.3. The number of guanidine groups is 1. The lowest BCUT2D eigenvalue weighted by Gasteiger charge is -2.18. The van der Waals surface area contributed by atoms with Crippen LogP contribution in [0.5, 0.6) is 0 Å². The van der Waals surface area contributed by atoms with Crippen LogP contribution in [0, 0.1) is 0 Å². The zero-order chi connectivity index (χ0) is 25.5. The van der Waals surface area contributed by atoms with E-state index >= 15 is 0 Å². The second-order valence-electron chi connectivity index (χ2n) is 8.29. The summed E-state index contributed by atoms with van der Waals surface area (Å²) in [5.41, 5.74) is 8.92. The minimum absolute atomic E-state index is 0.0143. The summed E-state index contributed by atoms with van der Waals surface area (Å²) in [7, 11) is -2.34. The summed E-state index contributed by atoms with van der Waals surface area (Å²) in [5.74, 6) is -0.634. The third-order valence-corrected chi connectivity index (χ3v) is 7.61. The summed E-state index contributed by atoms with van der Waals surface area (Å²) in [5, 5.41) is 2.55. The molecule has 4 aromatic rings. The monoisotopic (exact) mass is 504 g/mol. The Kier molecular flexibility index (Phi) is 7.77. The van der Waals surface area contributed by atoms with E-state index in [1.807, 2.05) is 60.7 Å². The molecule has 0 aliphatic rings. The summed E-state index contributed by atoms with van der Waals surface area (Å²) < 4.78 is 27.9. The molecular formula is C26H28N6O3S. The van der Waals surface area contributed by atoms with Gasteiger partial charge in [-0.1, -0.05) is 60.7 Å². The molecule has 3 aromatic carbocycles.